The quantitative estimate of drug-likeness (QED) is 0.218. The molecule has 1 fully saturated rings. The van der Waals surface area contributed by atoms with Gasteiger partial charge in [0.2, 0.25) is 5.91 Å². The van der Waals surface area contributed by atoms with Crippen LogP contribution in [-0.4, -0.2) is 41.6 Å². The van der Waals surface area contributed by atoms with Crippen molar-refractivity contribution in [1.82, 2.24) is 15.7 Å². The van der Waals surface area contributed by atoms with Crippen LogP contribution in [0.25, 0.3) is 6.08 Å². The number of methoxy groups -OCH3 is 1. The van der Waals surface area contributed by atoms with Gasteiger partial charge in [0.1, 0.15) is 11.4 Å². The minimum Gasteiger partial charge on any atom is -0.497 e. The minimum atomic E-state index is -0.446. The van der Waals surface area contributed by atoms with E-state index in [1.807, 2.05) is 0 Å². The fourth-order valence-electron chi connectivity index (χ4n) is 2.43. The zero-order chi connectivity index (χ0) is 18.2. The maximum Gasteiger partial charge on any atom is 0.329 e. The number of nitrogens with zero attached hydrogens (tertiary/aromatic N) is 1. The fourth-order valence-corrected chi connectivity index (χ4v) is 2.43. The Balaban J connectivity index is 1.88. The molecule has 0 bridgehead atoms. The normalized spacial score (nSPS) is 15.4. The van der Waals surface area contributed by atoms with E-state index in [9.17, 15) is 14.4 Å². The molecule has 1 aliphatic rings. The first-order valence-corrected chi connectivity index (χ1v) is 7.96. The fraction of sp³-hybridized carbons (Fsp3) is 0.353. The second-order valence-electron chi connectivity index (χ2n) is 5.56. The first-order chi connectivity index (χ1) is 12.0. The molecule has 1 aliphatic heterocycles. The molecule has 0 atom stereocenters. The molecule has 0 aromatic heterocycles. The summed E-state index contributed by atoms with van der Waals surface area (Å²) in [5, 5.41) is 11.0. The topological polar surface area (TPSA) is 108 Å². The molecule has 0 radical (unpaired) electrons. The van der Waals surface area contributed by atoms with E-state index in [1.165, 1.54) is 0 Å². The Kier molecular flexibility index (Phi) is 6.53. The molecule has 3 N–H and O–H groups in total. The lowest BCUT2D eigenvalue weighted by Gasteiger charge is -2.11. The van der Waals surface area contributed by atoms with Crippen LogP contribution in [0.5, 0.6) is 5.75 Å². The minimum absolute atomic E-state index is 0.208. The largest absolute Gasteiger partial charge is 0.497 e. The lowest BCUT2D eigenvalue weighted by atomic mass is 10.1. The molecule has 1 aromatic rings. The summed E-state index contributed by atoms with van der Waals surface area (Å²) in [7, 11) is 1.57. The van der Waals surface area contributed by atoms with E-state index in [2.05, 4.69) is 5.32 Å². The Bertz CT molecular complexity index is 669. The number of benzene rings is 1. The van der Waals surface area contributed by atoms with Gasteiger partial charge in [0.05, 0.1) is 7.11 Å². The maximum atomic E-state index is 12.3. The van der Waals surface area contributed by atoms with E-state index in [0.29, 0.717) is 25.0 Å². The molecule has 0 unspecified atom stereocenters. The van der Waals surface area contributed by atoms with E-state index in [4.69, 9.17) is 9.94 Å². The molecule has 1 aromatic carbocycles. The lowest BCUT2D eigenvalue weighted by Crippen LogP contribution is -2.31. The average Bonchev–Trinajstić information content (AvgIpc) is 2.89. The van der Waals surface area contributed by atoms with Crippen LogP contribution in [0.15, 0.2) is 30.0 Å². The van der Waals surface area contributed by atoms with Gasteiger partial charge in [0, 0.05) is 13.0 Å². The maximum absolute atomic E-state index is 12.3. The zero-order valence-electron chi connectivity index (χ0n) is 13.9. The van der Waals surface area contributed by atoms with E-state index >= 15 is 0 Å². The molecule has 8 nitrogen and oxygen atoms in total. The Morgan fingerprint density at radius 3 is 2.60 bits per heavy atom. The van der Waals surface area contributed by atoms with Crippen molar-refractivity contribution in [3.8, 4) is 5.75 Å². The zero-order valence-corrected chi connectivity index (χ0v) is 13.9. The number of unbranched alkanes of at least 4 members (excludes halogenated alkanes) is 2. The first-order valence-electron chi connectivity index (χ1n) is 7.96. The highest BCUT2D eigenvalue weighted by atomic mass is 16.5. The number of urea groups is 1. The van der Waals surface area contributed by atoms with Gasteiger partial charge in [-0.05, 0) is 36.6 Å². The molecule has 4 amide bonds. The third kappa shape index (κ3) is 5.05. The molecule has 0 saturated carbocycles. The summed E-state index contributed by atoms with van der Waals surface area (Å²) in [5.74, 6) is -0.103. The number of amides is 4. The van der Waals surface area contributed by atoms with Gasteiger partial charge in [0.15, 0.2) is 0 Å². The predicted octanol–water partition coefficient (Wildman–Crippen LogP) is 1.65. The third-order valence-electron chi connectivity index (χ3n) is 3.80. The molecule has 0 spiro atoms. The van der Waals surface area contributed by atoms with Crippen LogP contribution < -0.4 is 15.5 Å². The van der Waals surface area contributed by atoms with Gasteiger partial charge < -0.3 is 10.1 Å². The molecule has 25 heavy (non-hydrogen) atoms. The highest BCUT2D eigenvalue weighted by molar-refractivity contribution is 6.13. The Labute approximate surface area is 145 Å². The summed E-state index contributed by atoms with van der Waals surface area (Å²) in [5.41, 5.74) is 2.57. The van der Waals surface area contributed by atoms with E-state index in [1.54, 1.807) is 42.9 Å². The van der Waals surface area contributed by atoms with Gasteiger partial charge in [-0.1, -0.05) is 18.6 Å². The van der Waals surface area contributed by atoms with Crippen molar-refractivity contribution in [2.24, 2.45) is 0 Å². The number of ether oxygens (including phenoxy) is 1. The summed E-state index contributed by atoms with van der Waals surface area (Å²) in [4.78, 5) is 36.3. The lowest BCUT2D eigenvalue weighted by molar-refractivity contribution is -0.129. The highest BCUT2D eigenvalue weighted by Gasteiger charge is 2.32. The molecular weight excluding hydrogens is 326 g/mol. The number of imide groups is 1. The van der Waals surface area contributed by atoms with E-state index < -0.39 is 11.9 Å². The van der Waals surface area contributed by atoms with Crippen molar-refractivity contribution in [2.75, 3.05) is 13.7 Å². The molecule has 0 aliphatic carbocycles. The first kappa shape index (κ1) is 18.5. The van der Waals surface area contributed by atoms with E-state index in [0.717, 1.165) is 10.5 Å². The number of rotatable bonds is 8. The van der Waals surface area contributed by atoms with Crippen molar-refractivity contribution in [1.29, 1.82) is 0 Å². The van der Waals surface area contributed by atoms with Crippen molar-refractivity contribution in [3.05, 3.63) is 35.5 Å². The van der Waals surface area contributed by atoms with Gasteiger partial charge in [0.25, 0.3) is 5.91 Å². The van der Waals surface area contributed by atoms with E-state index in [-0.39, 0.29) is 24.6 Å². The number of hydrogen-bond acceptors (Lipinski definition) is 5. The van der Waals surface area contributed by atoms with Crippen LogP contribution in [0, 0.1) is 0 Å². The molecular formula is C17H21N3O5. The SMILES string of the molecule is COc1ccc(C=C2NC(=O)N(CCCCCC(=O)NO)C2=O)cc1. The number of hydroxylamine groups is 1. The van der Waals surface area contributed by atoms with Crippen LogP contribution in [0.4, 0.5) is 4.79 Å². The molecule has 1 heterocycles. The summed E-state index contributed by atoms with van der Waals surface area (Å²) >= 11 is 0. The number of carbonyl (C=O) groups is 3. The standard InChI is InChI=1S/C17H21N3O5/c1-25-13-8-6-12(7-9-13)11-14-16(22)20(17(23)18-14)10-4-2-3-5-15(21)19-24/h6-9,11,24H,2-5,10H2,1H3,(H,18,23)(H,19,21). The van der Waals surface area contributed by atoms with Gasteiger partial charge in [-0.25, -0.2) is 10.3 Å². The second-order valence-corrected chi connectivity index (χ2v) is 5.56. The summed E-state index contributed by atoms with van der Waals surface area (Å²) in [6.07, 6.45) is 3.66. The second kappa shape index (κ2) is 8.84. The summed E-state index contributed by atoms with van der Waals surface area (Å²) < 4.78 is 5.08. The number of carbonyl (C=O) groups excluding carboxylic acids is 3. The molecule has 134 valence electrons. The number of hydrogen-bond donors (Lipinski definition) is 3. The van der Waals surface area contributed by atoms with Gasteiger partial charge >= 0.3 is 6.03 Å². The van der Waals surface area contributed by atoms with Crippen LogP contribution in [0.1, 0.15) is 31.2 Å². The Morgan fingerprint density at radius 2 is 1.96 bits per heavy atom. The summed E-state index contributed by atoms with van der Waals surface area (Å²) in [6.45, 7) is 0.283. The van der Waals surface area contributed by atoms with Crippen molar-refractivity contribution in [3.63, 3.8) is 0 Å². The van der Waals surface area contributed by atoms with Crippen LogP contribution in [-0.2, 0) is 9.59 Å². The average molecular weight is 347 g/mol. The van der Waals surface area contributed by atoms with Gasteiger partial charge in [-0.15, -0.1) is 0 Å². The van der Waals surface area contributed by atoms with Crippen LogP contribution in [0.2, 0.25) is 0 Å². The summed E-state index contributed by atoms with van der Waals surface area (Å²) in [6, 6.07) is 6.68. The Morgan fingerprint density at radius 1 is 1.24 bits per heavy atom. The highest BCUT2D eigenvalue weighted by Crippen LogP contribution is 2.17. The molecule has 2 rings (SSSR count). The predicted molar refractivity (Wildman–Crippen MR) is 89.6 cm³/mol. The monoisotopic (exact) mass is 347 g/mol. The Hall–Kier alpha value is -2.87. The van der Waals surface area contributed by atoms with Crippen LogP contribution in [0.3, 0.4) is 0 Å². The number of nitrogens with one attached hydrogen (secondary N) is 2. The third-order valence-corrected chi connectivity index (χ3v) is 3.80. The van der Waals surface area contributed by atoms with Crippen molar-refractivity contribution >= 4 is 23.9 Å². The van der Waals surface area contributed by atoms with Crippen molar-refractivity contribution < 1.29 is 24.3 Å². The molecule has 8 heteroatoms. The van der Waals surface area contributed by atoms with Gasteiger partial charge in [-0.3, -0.25) is 19.7 Å². The molecule has 1 saturated heterocycles. The van der Waals surface area contributed by atoms with Crippen molar-refractivity contribution in [2.45, 2.75) is 25.7 Å². The smallest absolute Gasteiger partial charge is 0.329 e. The van der Waals surface area contributed by atoms with Gasteiger partial charge in [-0.2, -0.15) is 0 Å². The van der Waals surface area contributed by atoms with Crippen LogP contribution >= 0.6 is 0 Å².